The summed E-state index contributed by atoms with van der Waals surface area (Å²) in [6.07, 6.45) is 6.74. The molecular weight excluding hydrogens is 266 g/mol. The van der Waals surface area contributed by atoms with Crippen LogP contribution in [0.25, 0.3) is 0 Å². The van der Waals surface area contributed by atoms with Crippen molar-refractivity contribution in [2.24, 2.45) is 4.99 Å². The summed E-state index contributed by atoms with van der Waals surface area (Å²) in [6.45, 7) is 5.88. The van der Waals surface area contributed by atoms with Gasteiger partial charge in [0.1, 0.15) is 6.54 Å². The van der Waals surface area contributed by atoms with Crippen molar-refractivity contribution in [3.05, 3.63) is 24.5 Å². The van der Waals surface area contributed by atoms with E-state index in [2.05, 4.69) is 32.9 Å². The number of guanidine groups is 1. The minimum atomic E-state index is -0.159. The third-order valence-electron chi connectivity index (χ3n) is 2.74. The van der Waals surface area contributed by atoms with Gasteiger partial charge < -0.3 is 16.0 Å². The molecule has 0 saturated carbocycles. The van der Waals surface area contributed by atoms with Crippen molar-refractivity contribution in [1.29, 1.82) is 0 Å². The summed E-state index contributed by atoms with van der Waals surface area (Å²) in [7, 11) is 0. The molecule has 3 N–H and O–H groups in total. The van der Waals surface area contributed by atoms with Gasteiger partial charge in [0.2, 0.25) is 5.91 Å². The number of hydrogen-bond acceptors (Lipinski definition) is 3. The number of aromatic nitrogens is 1. The third kappa shape index (κ3) is 7.91. The molecule has 21 heavy (non-hydrogen) atoms. The van der Waals surface area contributed by atoms with Crippen LogP contribution in [-0.2, 0) is 4.79 Å². The second-order valence-electron chi connectivity index (χ2n) is 4.62. The summed E-state index contributed by atoms with van der Waals surface area (Å²) in [5.41, 5.74) is 0.679. The fourth-order valence-corrected chi connectivity index (χ4v) is 1.71. The van der Waals surface area contributed by atoms with Gasteiger partial charge in [0.05, 0.1) is 11.9 Å². The predicted octanol–water partition coefficient (Wildman–Crippen LogP) is 1.77. The molecule has 0 bridgehead atoms. The predicted molar refractivity (Wildman–Crippen MR) is 86.4 cm³/mol. The number of nitrogens with zero attached hydrogens (tertiary/aromatic N) is 2. The second-order valence-corrected chi connectivity index (χ2v) is 4.62. The lowest BCUT2D eigenvalue weighted by Crippen LogP contribution is -2.38. The summed E-state index contributed by atoms with van der Waals surface area (Å²) in [4.78, 5) is 20.0. The van der Waals surface area contributed by atoms with Crippen LogP contribution in [0.3, 0.4) is 0 Å². The zero-order valence-electron chi connectivity index (χ0n) is 12.9. The molecule has 0 saturated heterocycles. The highest BCUT2D eigenvalue weighted by Gasteiger charge is 2.02. The number of pyridine rings is 1. The lowest BCUT2D eigenvalue weighted by molar-refractivity contribution is -0.114. The van der Waals surface area contributed by atoms with E-state index in [-0.39, 0.29) is 12.5 Å². The first kappa shape index (κ1) is 16.9. The van der Waals surface area contributed by atoms with Crippen LogP contribution in [0.2, 0.25) is 0 Å². The zero-order chi connectivity index (χ0) is 15.3. The standard InChI is InChI=1S/C15H25N5O/c1-3-5-6-10-18-15(17-4-2)19-12-14(21)20-13-8-7-9-16-11-13/h7-9,11H,3-6,10,12H2,1-2H3,(H,20,21)(H2,17,18,19). The van der Waals surface area contributed by atoms with Gasteiger partial charge in [0, 0.05) is 19.3 Å². The summed E-state index contributed by atoms with van der Waals surface area (Å²) in [5.74, 6) is 0.517. The number of rotatable bonds is 8. The van der Waals surface area contributed by atoms with Crippen LogP contribution < -0.4 is 16.0 Å². The van der Waals surface area contributed by atoms with Crippen LogP contribution in [0.4, 0.5) is 5.69 Å². The fourth-order valence-electron chi connectivity index (χ4n) is 1.71. The zero-order valence-corrected chi connectivity index (χ0v) is 12.9. The van der Waals surface area contributed by atoms with Crippen molar-refractivity contribution in [2.45, 2.75) is 33.1 Å². The number of carbonyl (C=O) groups excluding carboxylic acids is 1. The molecule has 1 rings (SSSR count). The van der Waals surface area contributed by atoms with Crippen LogP contribution in [0, 0.1) is 0 Å². The van der Waals surface area contributed by atoms with Crippen molar-refractivity contribution in [3.8, 4) is 0 Å². The van der Waals surface area contributed by atoms with Gasteiger partial charge in [-0.1, -0.05) is 19.8 Å². The number of anilines is 1. The van der Waals surface area contributed by atoms with Gasteiger partial charge in [-0.25, -0.2) is 4.99 Å². The molecule has 0 aliphatic carbocycles. The Morgan fingerprint density at radius 2 is 2.14 bits per heavy atom. The van der Waals surface area contributed by atoms with E-state index in [1.54, 1.807) is 24.5 Å². The van der Waals surface area contributed by atoms with E-state index >= 15 is 0 Å². The molecule has 0 fully saturated rings. The normalized spacial score (nSPS) is 11.0. The molecule has 6 nitrogen and oxygen atoms in total. The maximum absolute atomic E-state index is 11.8. The lowest BCUT2D eigenvalue weighted by Gasteiger charge is -2.11. The number of aliphatic imine (C=N–C) groups is 1. The third-order valence-corrected chi connectivity index (χ3v) is 2.74. The molecule has 1 amide bonds. The van der Waals surface area contributed by atoms with E-state index in [9.17, 15) is 4.79 Å². The molecule has 0 radical (unpaired) electrons. The smallest absolute Gasteiger partial charge is 0.246 e. The molecular formula is C15H25N5O. The van der Waals surface area contributed by atoms with Crippen LogP contribution in [0.15, 0.2) is 29.5 Å². The molecule has 1 aromatic heterocycles. The topological polar surface area (TPSA) is 78.4 Å². The Labute approximate surface area is 126 Å². The van der Waals surface area contributed by atoms with Gasteiger partial charge in [0.25, 0.3) is 0 Å². The van der Waals surface area contributed by atoms with Crippen LogP contribution >= 0.6 is 0 Å². The average Bonchev–Trinajstić information content (AvgIpc) is 2.50. The maximum Gasteiger partial charge on any atom is 0.246 e. The van der Waals surface area contributed by atoms with Crippen LogP contribution in [-0.4, -0.2) is 36.5 Å². The number of amides is 1. The average molecular weight is 291 g/mol. The van der Waals surface area contributed by atoms with Gasteiger partial charge in [-0.2, -0.15) is 0 Å². The van der Waals surface area contributed by atoms with Crippen molar-refractivity contribution < 1.29 is 4.79 Å². The highest BCUT2D eigenvalue weighted by molar-refractivity contribution is 5.93. The van der Waals surface area contributed by atoms with Crippen LogP contribution in [0.1, 0.15) is 33.1 Å². The second kappa shape index (κ2) is 10.7. The molecule has 0 spiro atoms. The number of unbranched alkanes of at least 4 members (excludes halogenated alkanes) is 2. The Bertz CT molecular complexity index is 433. The highest BCUT2D eigenvalue weighted by Crippen LogP contribution is 2.01. The van der Waals surface area contributed by atoms with E-state index in [1.165, 1.54) is 12.8 Å². The summed E-state index contributed by atoms with van der Waals surface area (Å²) in [5, 5.41) is 9.10. The Hall–Kier alpha value is -2.11. The van der Waals surface area contributed by atoms with E-state index in [1.807, 2.05) is 6.92 Å². The minimum absolute atomic E-state index is 0.0814. The SMILES string of the molecule is CCCCCNC(=NCC(=O)Nc1cccnc1)NCC. The number of nitrogens with one attached hydrogen (secondary N) is 3. The first-order valence-electron chi connectivity index (χ1n) is 7.48. The van der Waals surface area contributed by atoms with E-state index in [0.29, 0.717) is 11.6 Å². The van der Waals surface area contributed by atoms with Gasteiger partial charge in [-0.3, -0.25) is 9.78 Å². The molecule has 6 heteroatoms. The van der Waals surface area contributed by atoms with Gasteiger partial charge in [0.15, 0.2) is 5.96 Å². The van der Waals surface area contributed by atoms with Gasteiger partial charge in [-0.05, 0) is 25.5 Å². The summed E-state index contributed by atoms with van der Waals surface area (Å²) >= 11 is 0. The molecule has 0 aromatic carbocycles. The first-order chi connectivity index (χ1) is 10.3. The van der Waals surface area contributed by atoms with E-state index in [4.69, 9.17) is 0 Å². The van der Waals surface area contributed by atoms with Gasteiger partial charge >= 0.3 is 0 Å². The molecule has 116 valence electrons. The fraction of sp³-hybridized carbons (Fsp3) is 0.533. The molecule has 0 atom stereocenters. The van der Waals surface area contributed by atoms with E-state index in [0.717, 1.165) is 19.5 Å². The molecule has 0 unspecified atom stereocenters. The first-order valence-corrected chi connectivity index (χ1v) is 7.48. The highest BCUT2D eigenvalue weighted by atomic mass is 16.1. The minimum Gasteiger partial charge on any atom is -0.357 e. The molecule has 1 heterocycles. The number of hydrogen-bond donors (Lipinski definition) is 3. The maximum atomic E-state index is 11.8. The van der Waals surface area contributed by atoms with E-state index < -0.39 is 0 Å². The Morgan fingerprint density at radius 1 is 1.29 bits per heavy atom. The van der Waals surface area contributed by atoms with Gasteiger partial charge in [-0.15, -0.1) is 0 Å². The van der Waals surface area contributed by atoms with Crippen molar-refractivity contribution in [3.63, 3.8) is 0 Å². The van der Waals surface area contributed by atoms with Crippen molar-refractivity contribution in [2.75, 3.05) is 25.0 Å². The van der Waals surface area contributed by atoms with Crippen molar-refractivity contribution in [1.82, 2.24) is 15.6 Å². The molecule has 1 aromatic rings. The quantitative estimate of drug-likeness (QED) is 0.387. The Kier molecular flexibility index (Phi) is 8.59. The Balaban J connectivity index is 2.39. The Morgan fingerprint density at radius 3 is 2.81 bits per heavy atom. The van der Waals surface area contributed by atoms with Crippen molar-refractivity contribution >= 4 is 17.6 Å². The monoisotopic (exact) mass is 291 g/mol. The largest absolute Gasteiger partial charge is 0.357 e. The summed E-state index contributed by atoms with van der Waals surface area (Å²) in [6, 6.07) is 3.57. The lowest BCUT2D eigenvalue weighted by atomic mass is 10.2. The molecule has 0 aliphatic rings. The molecule has 0 aliphatic heterocycles. The number of carbonyl (C=O) groups is 1. The summed E-state index contributed by atoms with van der Waals surface area (Å²) < 4.78 is 0. The van der Waals surface area contributed by atoms with Crippen LogP contribution in [0.5, 0.6) is 0 Å².